The van der Waals surface area contributed by atoms with Crippen LogP contribution in [0.3, 0.4) is 0 Å². The summed E-state index contributed by atoms with van der Waals surface area (Å²) in [5.41, 5.74) is 1.79. The lowest BCUT2D eigenvalue weighted by molar-refractivity contribution is -0.124. The Morgan fingerprint density at radius 1 is 1.05 bits per heavy atom. The number of benzene rings is 2. The topological polar surface area (TPSA) is 40.5 Å². The molecule has 0 unspecified atom stereocenters. The minimum absolute atomic E-state index is 0.0301. The van der Waals surface area contributed by atoms with Gasteiger partial charge in [0.25, 0.3) is 5.91 Å². The van der Waals surface area contributed by atoms with Gasteiger partial charge in [0.05, 0.1) is 12.1 Å². The molecule has 0 saturated carbocycles. The van der Waals surface area contributed by atoms with Gasteiger partial charge in [-0.3, -0.25) is 4.79 Å². The highest BCUT2D eigenvalue weighted by Gasteiger charge is 2.31. The summed E-state index contributed by atoms with van der Waals surface area (Å²) >= 11 is 0. The van der Waals surface area contributed by atoms with Crippen LogP contribution in [0.4, 0.5) is 4.39 Å². The highest BCUT2D eigenvalue weighted by Crippen LogP contribution is 2.28. The predicted octanol–water partition coefficient (Wildman–Crippen LogP) is 3.14. The number of carbonyl (C=O) groups is 1. The molecular formula is C17H14FNO2. The molecule has 1 N–H and O–H groups in total. The van der Waals surface area contributed by atoms with E-state index in [1.54, 1.807) is 4.90 Å². The van der Waals surface area contributed by atoms with E-state index in [-0.39, 0.29) is 29.6 Å². The highest BCUT2D eigenvalue weighted by atomic mass is 19.1. The molecule has 1 amide bonds. The van der Waals surface area contributed by atoms with E-state index < -0.39 is 0 Å². The number of amides is 1. The summed E-state index contributed by atoms with van der Waals surface area (Å²) in [6.45, 7) is 0.620. The summed E-state index contributed by atoms with van der Waals surface area (Å²) in [4.78, 5) is 14.0. The molecule has 0 atom stereocenters. The molecule has 106 valence electrons. The number of aliphatic hydroxyl groups is 1. The summed E-state index contributed by atoms with van der Waals surface area (Å²) in [6.07, 6.45) is 0. The lowest BCUT2D eigenvalue weighted by atomic mass is 10.1. The molecule has 2 aromatic rings. The van der Waals surface area contributed by atoms with Crippen LogP contribution in [0.15, 0.2) is 60.4 Å². The van der Waals surface area contributed by atoms with E-state index in [1.807, 2.05) is 30.3 Å². The first-order valence-corrected chi connectivity index (χ1v) is 6.66. The van der Waals surface area contributed by atoms with Crippen LogP contribution in [0.1, 0.15) is 11.1 Å². The number of halogens is 1. The molecule has 1 aliphatic heterocycles. The number of nitrogens with zero attached hydrogens (tertiary/aromatic N) is 1. The van der Waals surface area contributed by atoms with Crippen LogP contribution in [0.25, 0.3) is 5.57 Å². The quantitative estimate of drug-likeness (QED) is 0.940. The van der Waals surface area contributed by atoms with Crippen molar-refractivity contribution in [2.75, 3.05) is 6.54 Å². The molecule has 0 radical (unpaired) electrons. The van der Waals surface area contributed by atoms with Gasteiger partial charge < -0.3 is 10.0 Å². The smallest absolute Gasteiger partial charge is 0.258 e. The Hall–Kier alpha value is -2.62. The molecule has 0 bridgehead atoms. The number of aliphatic hydroxyl groups excluding tert-OH is 1. The van der Waals surface area contributed by atoms with Crippen molar-refractivity contribution in [2.24, 2.45) is 0 Å². The zero-order valence-corrected chi connectivity index (χ0v) is 11.3. The van der Waals surface area contributed by atoms with Gasteiger partial charge in [-0.05, 0) is 23.3 Å². The fourth-order valence-corrected chi connectivity index (χ4v) is 2.45. The molecule has 4 heteroatoms. The molecule has 1 heterocycles. The zero-order chi connectivity index (χ0) is 14.8. The zero-order valence-electron chi connectivity index (χ0n) is 11.3. The van der Waals surface area contributed by atoms with Crippen LogP contribution in [-0.4, -0.2) is 22.5 Å². The maximum absolute atomic E-state index is 13.0. The number of carbonyl (C=O) groups excluding carboxylic acids is 1. The summed E-state index contributed by atoms with van der Waals surface area (Å²) in [7, 11) is 0. The van der Waals surface area contributed by atoms with Crippen LogP contribution in [-0.2, 0) is 11.3 Å². The van der Waals surface area contributed by atoms with Crippen LogP contribution >= 0.6 is 0 Å². The lowest BCUT2D eigenvalue weighted by Crippen LogP contribution is -2.26. The van der Waals surface area contributed by atoms with Gasteiger partial charge in [-0.2, -0.15) is 0 Å². The second-order valence-corrected chi connectivity index (χ2v) is 4.98. The van der Waals surface area contributed by atoms with Crippen molar-refractivity contribution in [1.29, 1.82) is 0 Å². The van der Waals surface area contributed by atoms with E-state index in [2.05, 4.69) is 0 Å². The van der Waals surface area contributed by atoms with E-state index in [0.29, 0.717) is 12.1 Å². The largest absolute Gasteiger partial charge is 0.510 e. The van der Waals surface area contributed by atoms with Crippen molar-refractivity contribution in [3.63, 3.8) is 0 Å². The molecular weight excluding hydrogens is 269 g/mol. The summed E-state index contributed by atoms with van der Waals surface area (Å²) < 4.78 is 13.0. The summed E-state index contributed by atoms with van der Waals surface area (Å²) in [6, 6.07) is 15.2. The van der Waals surface area contributed by atoms with Crippen molar-refractivity contribution in [1.82, 2.24) is 4.90 Å². The average Bonchev–Trinajstić information content (AvgIpc) is 2.76. The molecule has 0 saturated heterocycles. The second kappa shape index (κ2) is 5.40. The van der Waals surface area contributed by atoms with Crippen LogP contribution in [0, 0.1) is 5.82 Å². The predicted molar refractivity (Wildman–Crippen MR) is 77.8 cm³/mol. The molecule has 2 aromatic carbocycles. The Kier molecular flexibility index (Phi) is 3.44. The van der Waals surface area contributed by atoms with E-state index >= 15 is 0 Å². The van der Waals surface area contributed by atoms with E-state index in [0.717, 1.165) is 5.56 Å². The summed E-state index contributed by atoms with van der Waals surface area (Å²) in [5, 5.41) is 10.1. The molecule has 0 aliphatic carbocycles. The molecule has 0 aromatic heterocycles. The van der Waals surface area contributed by atoms with Crippen LogP contribution < -0.4 is 0 Å². The van der Waals surface area contributed by atoms with Gasteiger partial charge in [-0.1, -0.05) is 42.5 Å². The molecule has 1 aliphatic rings. The summed E-state index contributed by atoms with van der Waals surface area (Å²) in [5.74, 6) is -0.573. The molecule has 0 fully saturated rings. The maximum atomic E-state index is 13.0. The normalized spacial score (nSPS) is 14.9. The molecule has 21 heavy (non-hydrogen) atoms. The number of hydrogen-bond acceptors (Lipinski definition) is 2. The van der Waals surface area contributed by atoms with Crippen LogP contribution in [0.5, 0.6) is 0 Å². The van der Waals surface area contributed by atoms with E-state index in [4.69, 9.17) is 0 Å². The van der Waals surface area contributed by atoms with Gasteiger partial charge in [0.15, 0.2) is 0 Å². The molecule has 3 rings (SSSR count). The Morgan fingerprint density at radius 3 is 2.38 bits per heavy atom. The standard InChI is InChI=1S/C17H14FNO2/c18-14-8-6-13(7-9-14)16-15(20)11-19(17(16)21)10-12-4-2-1-3-5-12/h1-9,20H,10-11H2. The second-order valence-electron chi connectivity index (χ2n) is 4.98. The van der Waals surface area contributed by atoms with Crippen molar-refractivity contribution in [2.45, 2.75) is 6.54 Å². The van der Waals surface area contributed by atoms with Crippen molar-refractivity contribution in [3.8, 4) is 0 Å². The molecule has 0 spiro atoms. The SMILES string of the molecule is O=C1C(c2ccc(F)cc2)=C(O)CN1Cc1ccccc1. The van der Waals surface area contributed by atoms with Crippen LogP contribution in [0.2, 0.25) is 0 Å². The average molecular weight is 283 g/mol. The first-order chi connectivity index (χ1) is 10.1. The van der Waals surface area contributed by atoms with Gasteiger partial charge in [0.1, 0.15) is 11.6 Å². The van der Waals surface area contributed by atoms with E-state index in [9.17, 15) is 14.3 Å². The van der Waals surface area contributed by atoms with Gasteiger partial charge >= 0.3 is 0 Å². The molecule has 3 nitrogen and oxygen atoms in total. The van der Waals surface area contributed by atoms with Crippen molar-refractivity contribution in [3.05, 3.63) is 77.3 Å². The number of hydrogen-bond donors (Lipinski definition) is 1. The van der Waals surface area contributed by atoms with Gasteiger partial charge in [0.2, 0.25) is 0 Å². The van der Waals surface area contributed by atoms with Gasteiger partial charge in [-0.25, -0.2) is 4.39 Å². The number of rotatable bonds is 3. The Morgan fingerprint density at radius 2 is 1.71 bits per heavy atom. The fourth-order valence-electron chi connectivity index (χ4n) is 2.45. The minimum Gasteiger partial charge on any atom is -0.510 e. The van der Waals surface area contributed by atoms with Gasteiger partial charge in [0, 0.05) is 6.54 Å². The Balaban J connectivity index is 1.82. The third-order valence-corrected chi connectivity index (χ3v) is 3.48. The Bertz CT molecular complexity index is 692. The van der Waals surface area contributed by atoms with E-state index in [1.165, 1.54) is 24.3 Å². The maximum Gasteiger partial charge on any atom is 0.258 e. The first-order valence-electron chi connectivity index (χ1n) is 6.66. The minimum atomic E-state index is -0.370. The monoisotopic (exact) mass is 283 g/mol. The highest BCUT2D eigenvalue weighted by molar-refractivity contribution is 6.22. The van der Waals surface area contributed by atoms with Gasteiger partial charge in [-0.15, -0.1) is 0 Å². The lowest BCUT2D eigenvalue weighted by Gasteiger charge is -2.16. The fraction of sp³-hybridized carbons (Fsp3) is 0.118. The van der Waals surface area contributed by atoms with Crippen molar-refractivity contribution >= 4 is 11.5 Å². The third kappa shape index (κ3) is 2.65. The first kappa shape index (κ1) is 13.4. The Labute approximate surface area is 121 Å². The van der Waals surface area contributed by atoms with Crippen molar-refractivity contribution < 1.29 is 14.3 Å². The third-order valence-electron chi connectivity index (χ3n) is 3.48.